The molecule has 0 aromatic carbocycles. The third-order valence-corrected chi connectivity index (χ3v) is 4.23. The molecule has 0 radical (unpaired) electrons. The SMILES string of the molecule is COc1cccn(Cc2csc(N3CCOC3=O)c2)c1=O. The number of thiophene rings is 1. The molecule has 3 heterocycles. The zero-order valence-electron chi connectivity index (χ0n) is 11.4. The van der Waals surface area contributed by atoms with Crippen LogP contribution in [0.1, 0.15) is 5.56 Å². The molecule has 0 spiro atoms. The number of methoxy groups -OCH3 is 1. The summed E-state index contributed by atoms with van der Waals surface area (Å²) in [6.07, 6.45) is 1.40. The van der Waals surface area contributed by atoms with E-state index in [4.69, 9.17) is 9.47 Å². The predicted molar refractivity (Wildman–Crippen MR) is 79.4 cm³/mol. The minimum absolute atomic E-state index is 0.173. The van der Waals surface area contributed by atoms with Crippen molar-refractivity contribution in [3.05, 3.63) is 45.7 Å². The Balaban J connectivity index is 1.82. The molecular weight excluding hydrogens is 292 g/mol. The van der Waals surface area contributed by atoms with Crippen LogP contribution in [0.4, 0.5) is 9.80 Å². The van der Waals surface area contributed by atoms with E-state index >= 15 is 0 Å². The fraction of sp³-hybridized carbons (Fsp3) is 0.286. The molecule has 0 atom stereocenters. The van der Waals surface area contributed by atoms with Gasteiger partial charge in [0.1, 0.15) is 11.6 Å². The fourth-order valence-corrected chi connectivity index (χ4v) is 3.10. The number of nitrogens with zero attached hydrogens (tertiary/aromatic N) is 2. The van der Waals surface area contributed by atoms with Gasteiger partial charge >= 0.3 is 6.09 Å². The van der Waals surface area contributed by atoms with Crippen LogP contribution in [0.15, 0.2) is 34.6 Å². The summed E-state index contributed by atoms with van der Waals surface area (Å²) in [6.45, 7) is 1.43. The number of amides is 1. The smallest absolute Gasteiger partial charge is 0.415 e. The zero-order chi connectivity index (χ0) is 14.8. The van der Waals surface area contributed by atoms with Gasteiger partial charge < -0.3 is 14.0 Å². The Morgan fingerprint density at radius 1 is 1.43 bits per heavy atom. The first kappa shape index (κ1) is 13.7. The summed E-state index contributed by atoms with van der Waals surface area (Å²) < 4.78 is 11.5. The second kappa shape index (κ2) is 5.61. The highest BCUT2D eigenvalue weighted by Crippen LogP contribution is 2.27. The average molecular weight is 306 g/mol. The van der Waals surface area contributed by atoms with Crippen molar-refractivity contribution in [2.45, 2.75) is 6.54 Å². The summed E-state index contributed by atoms with van der Waals surface area (Å²) in [5.41, 5.74) is 0.790. The van der Waals surface area contributed by atoms with Crippen molar-refractivity contribution in [1.29, 1.82) is 0 Å². The molecule has 1 aliphatic rings. The average Bonchev–Trinajstić information content (AvgIpc) is 3.10. The highest BCUT2D eigenvalue weighted by Gasteiger charge is 2.24. The number of carbonyl (C=O) groups is 1. The van der Waals surface area contributed by atoms with Crippen LogP contribution in [-0.2, 0) is 11.3 Å². The molecule has 1 saturated heterocycles. The number of aromatic nitrogens is 1. The normalized spacial score (nSPS) is 14.3. The number of rotatable bonds is 4. The van der Waals surface area contributed by atoms with Gasteiger partial charge in [-0.15, -0.1) is 11.3 Å². The Morgan fingerprint density at radius 3 is 3.00 bits per heavy atom. The maximum absolute atomic E-state index is 12.1. The second-order valence-electron chi connectivity index (χ2n) is 4.57. The van der Waals surface area contributed by atoms with Crippen LogP contribution in [0.3, 0.4) is 0 Å². The summed E-state index contributed by atoms with van der Waals surface area (Å²) >= 11 is 1.46. The first-order chi connectivity index (χ1) is 10.2. The van der Waals surface area contributed by atoms with E-state index in [1.807, 2.05) is 11.4 Å². The predicted octanol–water partition coefficient (Wildman–Crippen LogP) is 1.92. The summed E-state index contributed by atoms with van der Waals surface area (Å²) in [5.74, 6) is 0.316. The summed E-state index contributed by atoms with van der Waals surface area (Å²) in [7, 11) is 1.47. The zero-order valence-corrected chi connectivity index (χ0v) is 12.3. The van der Waals surface area contributed by atoms with E-state index in [2.05, 4.69) is 0 Å². The topological polar surface area (TPSA) is 60.8 Å². The summed E-state index contributed by atoms with van der Waals surface area (Å²) in [4.78, 5) is 25.2. The molecule has 1 fully saturated rings. The molecule has 0 bridgehead atoms. The number of cyclic esters (lactones) is 1. The van der Waals surface area contributed by atoms with Crippen molar-refractivity contribution in [1.82, 2.24) is 4.57 Å². The molecule has 2 aromatic heterocycles. The van der Waals surface area contributed by atoms with Crippen molar-refractivity contribution in [3.8, 4) is 5.75 Å². The number of ether oxygens (including phenoxy) is 2. The molecular formula is C14H14N2O4S. The molecule has 0 saturated carbocycles. The second-order valence-corrected chi connectivity index (χ2v) is 5.46. The third-order valence-electron chi connectivity index (χ3n) is 3.22. The Labute approximate surface area is 125 Å². The van der Waals surface area contributed by atoms with Gasteiger partial charge in [-0.25, -0.2) is 4.79 Å². The molecule has 2 aromatic rings. The van der Waals surface area contributed by atoms with E-state index in [1.165, 1.54) is 18.4 Å². The molecule has 0 unspecified atom stereocenters. The molecule has 0 N–H and O–H groups in total. The quantitative estimate of drug-likeness (QED) is 0.866. The van der Waals surface area contributed by atoms with Crippen molar-refractivity contribution in [2.75, 3.05) is 25.2 Å². The number of pyridine rings is 1. The van der Waals surface area contributed by atoms with Gasteiger partial charge in [-0.1, -0.05) is 0 Å². The highest BCUT2D eigenvalue weighted by molar-refractivity contribution is 7.14. The molecule has 6 nitrogen and oxygen atoms in total. The lowest BCUT2D eigenvalue weighted by molar-refractivity contribution is 0.181. The van der Waals surface area contributed by atoms with E-state index in [0.717, 1.165) is 10.6 Å². The monoisotopic (exact) mass is 306 g/mol. The first-order valence-corrected chi connectivity index (χ1v) is 7.32. The van der Waals surface area contributed by atoms with E-state index in [-0.39, 0.29) is 11.7 Å². The minimum Gasteiger partial charge on any atom is -0.491 e. The van der Waals surface area contributed by atoms with Gasteiger partial charge in [0.15, 0.2) is 5.75 Å². The number of carbonyl (C=O) groups excluding carboxylic acids is 1. The molecule has 7 heteroatoms. The van der Waals surface area contributed by atoms with Gasteiger partial charge in [0.25, 0.3) is 5.56 Å². The first-order valence-electron chi connectivity index (χ1n) is 6.44. The number of hydrogen-bond donors (Lipinski definition) is 0. The van der Waals surface area contributed by atoms with Gasteiger partial charge in [-0.05, 0) is 29.1 Å². The van der Waals surface area contributed by atoms with Crippen molar-refractivity contribution in [2.24, 2.45) is 0 Å². The van der Waals surface area contributed by atoms with Crippen molar-refractivity contribution < 1.29 is 14.3 Å². The van der Waals surface area contributed by atoms with Gasteiger partial charge in [0.2, 0.25) is 0 Å². The fourth-order valence-electron chi connectivity index (χ4n) is 2.17. The van der Waals surface area contributed by atoms with Crippen LogP contribution >= 0.6 is 11.3 Å². The van der Waals surface area contributed by atoms with Crippen LogP contribution in [0.2, 0.25) is 0 Å². The maximum Gasteiger partial charge on any atom is 0.415 e. The molecule has 3 rings (SSSR count). The van der Waals surface area contributed by atoms with Crippen molar-refractivity contribution in [3.63, 3.8) is 0 Å². The summed E-state index contributed by atoms with van der Waals surface area (Å²) in [5, 5.41) is 2.77. The van der Waals surface area contributed by atoms with Crippen LogP contribution in [0.5, 0.6) is 5.75 Å². The number of hydrogen-bond acceptors (Lipinski definition) is 5. The molecule has 1 aliphatic heterocycles. The van der Waals surface area contributed by atoms with Gasteiger partial charge in [-0.3, -0.25) is 9.69 Å². The van der Waals surface area contributed by atoms with E-state index < -0.39 is 0 Å². The highest BCUT2D eigenvalue weighted by atomic mass is 32.1. The standard InChI is InChI=1S/C14H14N2O4S/c1-19-11-3-2-4-15(13(11)17)8-10-7-12(21-9-10)16-5-6-20-14(16)18/h2-4,7,9H,5-6,8H2,1H3. The largest absolute Gasteiger partial charge is 0.491 e. The maximum atomic E-state index is 12.1. The van der Waals surface area contributed by atoms with Crippen molar-refractivity contribution >= 4 is 22.4 Å². The van der Waals surface area contributed by atoms with Gasteiger partial charge in [-0.2, -0.15) is 0 Å². The Morgan fingerprint density at radius 2 is 2.29 bits per heavy atom. The molecule has 21 heavy (non-hydrogen) atoms. The van der Waals surface area contributed by atoms with Crippen LogP contribution in [0, 0.1) is 0 Å². The minimum atomic E-state index is -0.318. The van der Waals surface area contributed by atoms with E-state index in [1.54, 1.807) is 27.8 Å². The third kappa shape index (κ3) is 2.64. The lowest BCUT2D eigenvalue weighted by atomic mass is 10.3. The number of anilines is 1. The Kier molecular flexibility index (Phi) is 3.66. The Bertz CT molecular complexity index is 722. The molecule has 1 amide bonds. The van der Waals surface area contributed by atoms with Gasteiger partial charge in [0, 0.05) is 6.20 Å². The van der Waals surface area contributed by atoms with Crippen LogP contribution < -0.4 is 15.2 Å². The molecule has 0 aliphatic carbocycles. The lowest BCUT2D eigenvalue weighted by Crippen LogP contribution is -2.22. The van der Waals surface area contributed by atoms with E-state index in [0.29, 0.717) is 25.4 Å². The van der Waals surface area contributed by atoms with Gasteiger partial charge in [0.05, 0.1) is 20.2 Å². The molecule has 110 valence electrons. The van der Waals surface area contributed by atoms with Crippen LogP contribution in [0.25, 0.3) is 0 Å². The lowest BCUT2D eigenvalue weighted by Gasteiger charge is -2.08. The van der Waals surface area contributed by atoms with Crippen LogP contribution in [-0.4, -0.2) is 30.9 Å². The van der Waals surface area contributed by atoms with E-state index in [9.17, 15) is 9.59 Å². The summed E-state index contributed by atoms with van der Waals surface area (Å²) in [6, 6.07) is 5.31. The Hall–Kier alpha value is -2.28.